The zero-order valence-corrected chi connectivity index (χ0v) is 17.2. The van der Waals surface area contributed by atoms with Crippen LogP contribution in [0, 0.1) is 5.41 Å². The molecule has 2 aliphatic rings. The molecule has 29 heavy (non-hydrogen) atoms. The van der Waals surface area contributed by atoms with Gasteiger partial charge in [0.2, 0.25) is 0 Å². The van der Waals surface area contributed by atoms with Crippen LogP contribution in [0.1, 0.15) is 43.7 Å². The largest absolute Gasteiger partial charge is 0.342 e. The van der Waals surface area contributed by atoms with Crippen molar-refractivity contribution in [3.63, 3.8) is 0 Å². The fraction of sp³-hybridized carbons (Fsp3) is 0.250. The number of ketones is 1. The highest BCUT2D eigenvalue weighted by molar-refractivity contribution is 6.30. The molecular weight excluding hydrogens is 382 g/mol. The van der Waals surface area contributed by atoms with E-state index >= 15 is 0 Å². The van der Waals surface area contributed by atoms with E-state index < -0.39 is 0 Å². The molecule has 0 bridgehead atoms. The molecule has 2 aromatic carbocycles. The summed E-state index contributed by atoms with van der Waals surface area (Å²) in [4.78, 5) is 13.3. The van der Waals surface area contributed by atoms with E-state index in [1.807, 2.05) is 42.5 Å². The number of Topliss-reactive ketones (excluding diaryl/α,β-unsaturated/α-hetero) is 1. The van der Waals surface area contributed by atoms with Gasteiger partial charge in [0.1, 0.15) is 0 Å². The van der Waals surface area contributed by atoms with E-state index in [4.69, 9.17) is 11.6 Å². The van der Waals surface area contributed by atoms with Crippen LogP contribution >= 0.6 is 11.6 Å². The predicted molar refractivity (Wildman–Crippen MR) is 116 cm³/mol. The number of halogens is 1. The van der Waals surface area contributed by atoms with E-state index in [0.717, 1.165) is 45.9 Å². The molecule has 2 heterocycles. The maximum absolute atomic E-state index is 13.3. The van der Waals surface area contributed by atoms with E-state index in [1.165, 1.54) is 0 Å². The predicted octanol–water partition coefficient (Wildman–Crippen LogP) is 5.93. The van der Waals surface area contributed by atoms with Gasteiger partial charge in [-0.15, -0.1) is 0 Å². The van der Waals surface area contributed by atoms with Crippen LogP contribution in [0.3, 0.4) is 0 Å². The molecule has 1 aromatic heterocycles. The number of benzene rings is 2. The number of aromatic nitrogens is 2. The summed E-state index contributed by atoms with van der Waals surface area (Å²) < 4.78 is 0. The number of aromatic amines is 1. The summed E-state index contributed by atoms with van der Waals surface area (Å²) in [5.74, 6) is 0.870. The summed E-state index contributed by atoms with van der Waals surface area (Å²) in [6.45, 7) is 4.29. The molecule has 0 saturated heterocycles. The maximum atomic E-state index is 13.3. The van der Waals surface area contributed by atoms with Crippen LogP contribution in [0.5, 0.6) is 0 Å². The van der Waals surface area contributed by atoms with Crippen LogP contribution in [-0.4, -0.2) is 16.0 Å². The normalized spacial score (nSPS) is 20.1. The number of nitrogens with zero attached hydrogens (tertiary/aromatic N) is 1. The summed E-state index contributed by atoms with van der Waals surface area (Å²) in [6, 6.07) is 17.9. The molecule has 1 aliphatic heterocycles. The van der Waals surface area contributed by atoms with E-state index in [-0.39, 0.29) is 17.1 Å². The number of fused-ring (bicyclic) bond motifs is 1. The molecule has 0 radical (unpaired) electrons. The molecular formula is C24H22ClN3O. The Morgan fingerprint density at radius 3 is 2.48 bits per heavy atom. The minimum absolute atomic E-state index is 0.0586. The molecule has 0 fully saturated rings. The highest BCUT2D eigenvalue weighted by Gasteiger charge is 2.42. The summed E-state index contributed by atoms with van der Waals surface area (Å²) >= 11 is 6.09. The maximum Gasteiger partial charge on any atom is 0.162 e. The summed E-state index contributed by atoms with van der Waals surface area (Å²) in [6.07, 6.45) is 1.39. The third kappa shape index (κ3) is 3.08. The molecule has 1 aliphatic carbocycles. The van der Waals surface area contributed by atoms with Gasteiger partial charge in [0.15, 0.2) is 11.6 Å². The Kier molecular flexibility index (Phi) is 4.14. The van der Waals surface area contributed by atoms with Crippen molar-refractivity contribution in [1.82, 2.24) is 10.2 Å². The van der Waals surface area contributed by atoms with E-state index in [2.05, 4.69) is 41.5 Å². The molecule has 1 unspecified atom stereocenters. The molecule has 2 N–H and O–H groups in total. The second kappa shape index (κ2) is 6.60. The molecule has 1 atom stereocenters. The third-order valence-corrected chi connectivity index (χ3v) is 6.09. The van der Waals surface area contributed by atoms with Crippen LogP contribution in [-0.2, 0) is 4.79 Å². The first-order chi connectivity index (χ1) is 13.9. The average molecular weight is 404 g/mol. The Bertz CT molecular complexity index is 1130. The minimum Gasteiger partial charge on any atom is -0.342 e. The minimum atomic E-state index is -0.143. The van der Waals surface area contributed by atoms with Crippen LogP contribution < -0.4 is 5.32 Å². The van der Waals surface area contributed by atoms with Crippen molar-refractivity contribution < 1.29 is 4.79 Å². The van der Waals surface area contributed by atoms with E-state index in [0.29, 0.717) is 11.4 Å². The summed E-state index contributed by atoms with van der Waals surface area (Å²) in [5, 5.41) is 11.9. The monoisotopic (exact) mass is 403 g/mol. The lowest BCUT2D eigenvalue weighted by atomic mass is 9.69. The van der Waals surface area contributed by atoms with Gasteiger partial charge in [0.25, 0.3) is 0 Å². The van der Waals surface area contributed by atoms with Crippen LogP contribution in [0.2, 0.25) is 5.02 Å². The Morgan fingerprint density at radius 1 is 1.03 bits per heavy atom. The number of carbonyl (C=O) groups is 1. The first-order valence-corrected chi connectivity index (χ1v) is 10.2. The first kappa shape index (κ1) is 18.2. The summed E-state index contributed by atoms with van der Waals surface area (Å²) in [5.41, 5.74) is 5.86. The highest BCUT2D eigenvalue weighted by atomic mass is 35.5. The van der Waals surface area contributed by atoms with Crippen LogP contribution in [0.15, 0.2) is 65.9 Å². The van der Waals surface area contributed by atoms with E-state index in [9.17, 15) is 4.79 Å². The van der Waals surface area contributed by atoms with Crippen molar-refractivity contribution >= 4 is 23.2 Å². The Labute approximate surface area is 175 Å². The molecule has 4 nitrogen and oxygen atoms in total. The van der Waals surface area contributed by atoms with Crippen LogP contribution in [0.4, 0.5) is 5.82 Å². The number of hydrogen-bond donors (Lipinski definition) is 2. The number of allylic oxidation sites excluding steroid dienone is 2. The zero-order chi connectivity index (χ0) is 20.2. The Balaban J connectivity index is 1.73. The van der Waals surface area contributed by atoms with Crippen molar-refractivity contribution in [2.75, 3.05) is 5.32 Å². The van der Waals surface area contributed by atoms with Gasteiger partial charge in [-0.25, -0.2) is 0 Å². The van der Waals surface area contributed by atoms with Crippen molar-refractivity contribution in [2.45, 2.75) is 32.6 Å². The van der Waals surface area contributed by atoms with Crippen LogP contribution in [0.25, 0.3) is 11.3 Å². The highest BCUT2D eigenvalue weighted by Crippen LogP contribution is 2.50. The number of H-pyrrole nitrogens is 1. The molecule has 5 rings (SSSR count). The lowest BCUT2D eigenvalue weighted by Crippen LogP contribution is -2.33. The number of carbonyl (C=O) groups excluding carboxylic acids is 1. The molecule has 0 spiro atoms. The quantitative estimate of drug-likeness (QED) is 0.557. The lowest BCUT2D eigenvalue weighted by molar-refractivity contribution is -0.118. The number of nitrogens with one attached hydrogen (secondary N) is 2. The molecule has 5 heteroatoms. The number of hydrogen-bond acceptors (Lipinski definition) is 3. The van der Waals surface area contributed by atoms with Gasteiger partial charge in [0, 0.05) is 39.8 Å². The zero-order valence-electron chi connectivity index (χ0n) is 16.4. The molecule has 3 aromatic rings. The fourth-order valence-electron chi connectivity index (χ4n) is 4.61. The summed E-state index contributed by atoms with van der Waals surface area (Å²) in [7, 11) is 0. The fourth-order valence-corrected chi connectivity index (χ4v) is 4.74. The van der Waals surface area contributed by atoms with Crippen molar-refractivity contribution in [1.29, 1.82) is 0 Å². The third-order valence-electron chi connectivity index (χ3n) is 5.84. The van der Waals surface area contributed by atoms with Gasteiger partial charge >= 0.3 is 0 Å². The Morgan fingerprint density at radius 2 is 1.76 bits per heavy atom. The number of rotatable bonds is 2. The average Bonchev–Trinajstić information content (AvgIpc) is 3.10. The second-order valence-corrected chi connectivity index (χ2v) is 9.11. The second-order valence-electron chi connectivity index (χ2n) is 8.67. The molecule has 0 saturated carbocycles. The standard InChI is InChI=1S/C24H22ClN3O/c1-24(2)12-17-20(18(29)13-24)19(14-6-4-3-5-7-14)21-22(27-28-23(21)26-17)15-8-10-16(25)11-9-15/h3-11,19H,12-13H2,1-2H3,(H2,26,27,28). The van der Waals surface area contributed by atoms with Gasteiger partial charge < -0.3 is 5.32 Å². The Hall–Kier alpha value is -2.85. The first-order valence-electron chi connectivity index (χ1n) is 9.85. The van der Waals surface area contributed by atoms with Gasteiger partial charge in [-0.1, -0.05) is 67.9 Å². The smallest absolute Gasteiger partial charge is 0.162 e. The molecule has 0 amide bonds. The van der Waals surface area contributed by atoms with Crippen molar-refractivity contribution in [2.24, 2.45) is 5.41 Å². The van der Waals surface area contributed by atoms with Crippen molar-refractivity contribution in [3.8, 4) is 11.3 Å². The number of anilines is 1. The van der Waals surface area contributed by atoms with Gasteiger partial charge in [0.05, 0.1) is 5.69 Å². The lowest BCUT2D eigenvalue weighted by Gasteiger charge is -2.38. The van der Waals surface area contributed by atoms with Crippen molar-refractivity contribution in [3.05, 3.63) is 82.0 Å². The topological polar surface area (TPSA) is 57.8 Å². The van der Waals surface area contributed by atoms with E-state index in [1.54, 1.807) is 0 Å². The molecule has 146 valence electrons. The van der Waals surface area contributed by atoms with Gasteiger partial charge in [-0.3, -0.25) is 9.89 Å². The van der Waals surface area contributed by atoms with Gasteiger partial charge in [-0.05, 0) is 29.5 Å². The SMILES string of the molecule is CC1(C)CC(=O)C2=C(C1)Nc1n[nH]c(-c3ccc(Cl)cc3)c1C2c1ccccc1. The van der Waals surface area contributed by atoms with Gasteiger partial charge in [-0.2, -0.15) is 5.10 Å².